The summed E-state index contributed by atoms with van der Waals surface area (Å²) >= 11 is 0. The monoisotopic (exact) mass is 680 g/mol. The summed E-state index contributed by atoms with van der Waals surface area (Å²) in [4.78, 5) is 0. The van der Waals surface area contributed by atoms with E-state index in [9.17, 15) is 20.4 Å². The van der Waals surface area contributed by atoms with E-state index in [0.29, 0.717) is 37.3 Å². The van der Waals surface area contributed by atoms with Crippen LogP contribution in [-0.2, 0) is 23.7 Å². The fourth-order valence-corrected chi connectivity index (χ4v) is 10.8. The van der Waals surface area contributed by atoms with Crippen molar-refractivity contribution in [3.05, 3.63) is 11.6 Å². The van der Waals surface area contributed by atoms with Crippen LogP contribution < -0.4 is 0 Å². The molecule has 5 rings (SSSR count). The van der Waals surface area contributed by atoms with Crippen LogP contribution in [-0.4, -0.2) is 103 Å². The molecule has 13 atom stereocenters. The average molecular weight is 681 g/mol. The zero-order valence-corrected chi connectivity index (χ0v) is 30.6. The van der Waals surface area contributed by atoms with Crippen LogP contribution in [0.2, 0.25) is 0 Å². The normalized spacial score (nSPS) is 41.8. The molecule has 9 nitrogen and oxygen atoms in total. The molecule has 0 aromatic carbocycles. The molecule has 4 fully saturated rings. The molecule has 3 saturated carbocycles. The molecule has 278 valence electrons. The van der Waals surface area contributed by atoms with Crippen molar-refractivity contribution in [1.29, 1.82) is 0 Å². The third kappa shape index (κ3) is 8.53. The topological polar surface area (TPSA) is 127 Å². The van der Waals surface area contributed by atoms with Gasteiger partial charge in [-0.05, 0) is 97.7 Å². The number of rotatable bonds is 17. The number of ether oxygens (including phenoxy) is 5. The number of hydrogen-bond donors (Lipinski definition) is 4. The molecule has 9 heteroatoms. The molecule has 1 unspecified atom stereocenters. The third-order valence-electron chi connectivity index (χ3n) is 13.6. The molecule has 0 bridgehead atoms. The van der Waals surface area contributed by atoms with Gasteiger partial charge in [0.25, 0.3) is 0 Å². The summed E-state index contributed by atoms with van der Waals surface area (Å²) in [5.41, 5.74) is 2.54. The first-order valence-electron chi connectivity index (χ1n) is 19.4. The van der Waals surface area contributed by atoms with Crippen LogP contribution in [0, 0.1) is 46.3 Å². The summed E-state index contributed by atoms with van der Waals surface area (Å²) in [5.74, 6) is 5.17. The van der Waals surface area contributed by atoms with Crippen molar-refractivity contribution < 1.29 is 44.1 Å². The van der Waals surface area contributed by atoms with Gasteiger partial charge in [-0.2, -0.15) is 0 Å². The van der Waals surface area contributed by atoms with Crippen LogP contribution in [0.1, 0.15) is 105 Å². The summed E-state index contributed by atoms with van der Waals surface area (Å²) < 4.78 is 28.4. The average Bonchev–Trinajstić information content (AvgIpc) is 3.42. The Morgan fingerprint density at radius 1 is 0.812 bits per heavy atom. The maximum absolute atomic E-state index is 10.0. The van der Waals surface area contributed by atoms with E-state index in [1.807, 2.05) is 0 Å². The van der Waals surface area contributed by atoms with E-state index in [0.717, 1.165) is 48.3 Å². The van der Waals surface area contributed by atoms with Gasteiger partial charge < -0.3 is 44.1 Å². The Morgan fingerprint density at radius 3 is 2.23 bits per heavy atom. The fraction of sp³-hybridized carbons (Fsp3) is 0.949. The van der Waals surface area contributed by atoms with Gasteiger partial charge in [0.05, 0.1) is 52.4 Å². The third-order valence-corrected chi connectivity index (χ3v) is 13.6. The van der Waals surface area contributed by atoms with Crippen molar-refractivity contribution in [3.8, 4) is 0 Å². The second-order valence-electron chi connectivity index (χ2n) is 16.8. The van der Waals surface area contributed by atoms with Crippen LogP contribution in [0.3, 0.4) is 0 Å². The molecule has 0 spiro atoms. The van der Waals surface area contributed by atoms with Crippen molar-refractivity contribution in [2.24, 2.45) is 46.3 Å². The molecule has 4 aliphatic carbocycles. The highest BCUT2D eigenvalue weighted by molar-refractivity contribution is 5.25. The number of aliphatic hydroxyl groups excluding tert-OH is 4. The molecular formula is C39H68O9. The Bertz CT molecular complexity index is 1020. The van der Waals surface area contributed by atoms with Gasteiger partial charge in [0.15, 0.2) is 6.29 Å². The van der Waals surface area contributed by atoms with E-state index in [-0.39, 0.29) is 19.3 Å². The summed E-state index contributed by atoms with van der Waals surface area (Å²) in [6.45, 7) is 14.4. The predicted octanol–water partition coefficient (Wildman–Crippen LogP) is 5.26. The molecule has 0 radical (unpaired) electrons. The highest BCUT2D eigenvalue weighted by Gasteiger charge is 2.59. The van der Waals surface area contributed by atoms with E-state index in [4.69, 9.17) is 23.7 Å². The summed E-state index contributed by atoms with van der Waals surface area (Å²) in [6.07, 6.45) is 11.2. The predicted molar refractivity (Wildman–Crippen MR) is 184 cm³/mol. The first-order valence-corrected chi connectivity index (χ1v) is 19.4. The lowest BCUT2D eigenvalue weighted by Crippen LogP contribution is -2.59. The fourth-order valence-electron chi connectivity index (χ4n) is 10.8. The van der Waals surface area contributed by atoms with E-state index < -0.39 is 37.3 Å². The minimum Gasteiger partial charge on any atom is -0.394 e. The molecule has 1 saturated heterocycles. The molecule has 1 aliphatic heterocycles. The first kappa shape index (κ1) is 38.6. The molecular weight excluding hydrogens is 612 g/mol. The van der Waals surface area contributed by atoms with Gasteiger partial charge in [0, 0.05) is 0 Å². The van der Waals surface area contributed by atoms with Crippen LogP contribution in [0.5, 0.6) is 0 Å². The lowest BCUT2D eigenvalue weighted by atomic mass is 9.47. The second-order valence-corrected chi connectivity index (χ2v) is 16.8. The van der Waals surface area contributed by atoms with Crippen molar-refractivity contribution in [2.75, 3.05) is 46.2 Å². The van der Waals surface area contributed by atoms with E-state index in [1.165, 1.54) is 57.8 Å². The lowest BCUT2D eigenvalue weighted by Gasteiger charge is -2.58. The zero-order valence-electron chi connectivity index (χ0n) is 30.6. The minimum absolute atomic E-state index is 0.127. The number of fused-ring (bicyclic) bond motifs is 5. The molecule has 1 heterocycles. The zero-order chi connectivity index (χ0) is 34.5. The van der Waals surface area contributed by atoms with Gasteiger partial charge in [0.1, 0.15) is 24.4 Å². The Kier molecular flexibility index (Phi) is 13.9. The lowest BCUT2D eigenvalue weighted by molar-refractivity contribution is -0.302. The van der Waals surface area contributed by atoms with Gasteiger partial charge in [-0.1, -0.05) is 65.5 Å². The smallest absolute Gasteiger partial charge is 0.186 e. The van der Waals surface area contributed by atoms with Crippen molar-refractivity contribution >= 4 is 0 Å². The van der Waals surface area contributed by atoms with Gasteiger partial charge >= 0.3 is 0 Å². The van der Waals surface area contributed by atoms with Crippen LogP contribution >= 0.6 is 0 Å². The standard InChI is InChI=1S/C39H68O9/c1-25(2)7-6-8-26(3)30-11-12-31-29-10-9-27-23-28(13-15-38(27,4)32(29)14-16-39(30,31)5)46-21-19-44-17-18-45-20-22-47-37-36(43)35(42)34(41)33(24-40)48-37/h9,25-26,28-37,40-43H,6-8,10-24H2,1-5H3/t26-,28?,29+,30-,31+,32+,33-,34+,35+,36-,37-,38+,39-/m1/s1. The molecule has 0 aromatic rings. The van der Waals surface area contributed by atoms with Gasteiger partial charge in [0.2, 0.25) is 0 Å². The van der Waals surface area contributed by atoms with Crippen LogP contribution in [0.25, 0.3) is 0 Å². The first-order chi connectivity index (χ1) is 23.0. The van der Waals surface area contributed by atoms with Crippen molar-refractivity contribution in [2.45, 2.75) is 142 Å². The van der Waals surface area contributed by atoms with Crippen molar-refractivity contribution in [1.82, 2.24) is 0 Å². The second kappa shape index (κ2) is 17.3. The number of aliphatic hydroxyl groups is 4. The Labute approximate surface area is 290 Å². The molecule has 4 N–H and O–H groups in total. The van der Waals surface area contributed by atoms with Gasteiger partial charge in [-0.3, -0.25) is 0 Å². The Balaban J connectivity index is 0.971. The molecule has 0 amide bonds. The van der Waals surface area contributed by atoms with Crippen LogP contribution in [0.4, 0.5) is 0 Å². The summed E-state index contributed by atoms with van der Waals surface area (Å²) in [5, 5.41) is 39.0. The van der Waals surface area contributed by atoms with Crippen LogP contribution in [0.15, 0.2) is 11.6 Å². The van der Waals surface area contributed by atoms with E-state index >= 15 is 0 Å². The Morgan fingerprint density at radius 2 is 1.52 bits per heavy atom. The minimum atomic E-state index is -1.45. The molecule has 5 aliphatic rings. The van der Waals surface area contributed by atoms with E-state index in [2.05, 4.69) is 40.7 Å². The Hall–Kier alpha value is -0.620. The van der Waals surface area contributed by atoms with Gasteiger partial charge in [-0.25, -0.2) is 0 Å². The highest BCUT2D eigenvalue weighted by atomic mass is 16.7. The SMILES string of the molecule is CC(C)CCC[C@@H](C)[C@H]1CC[C@H]2[C@@H]3CC=C4CC(OCCOCCOCCO[C@@H]5O[C@H](CO)[C@H](O)[C@H](O)[C@H]5O)CC[C@]4(C)[C@H]3CC[C@]12C. The number of hydrogen-bond acceptors (Lipinski definition) is 9. The van der Waals surface area contributed by atoms with E-state index in [1.54, 1.807) is 5.57 Å². The number of allylic oxidation sites excluding steroid dienone is 1. The summed E-state index contributed by atoms with van der Waals surface area (Å²) in [7, 11) is 0. The maximum Gasteiger partial charge on any atom is 0.186 e. The maximum atomic E-state index is 10.0. The molecule has 48 heavy (non-hydrogen) atoms. The quantitative estimate of drug-likeness (QED) is 0.120. The van der Waals surface area contributed by atoms with Crippen molar-refractivity contribution in [3.63, 3.8) is 0 Å². The largest absolute Gasteiger partial charge is 0.394 e. The molecule has 0 aromatic heterocycles. The summed E-state index contributed by atoms with van der Waals surface area (Å²) in [6, 6.07) is 0. The highest BCUT2D eigenvalue weighted by Crippen LogP contribution is 2.67. The van der Waals surface area contributed by atoms with Gasteiger partial charge in [-0.15, -0.1) is 0 Å².